The van der Waals surface area contributed by atoms with Gasteiger partial charge in [-0.05, 0) is 12.0 Å². The number of hydrogen-bond acceptors (Lipinski definition) is 1. The highest BCUT2D eigenvalue weighted by Gasteiger charge is 2.07. The second kappa shape index (κ2) is 12.9. The summed E-state index contributed by atoms with van der Waals surface area (Å²) in [5.74, 6) is -0.0490. The van der Waals surface area contributed by atoms with Crippen molar-refractivity contribution >= 4 is 11.5 Å². The molecule has 0 radical (unpaired) electrons. The van der Waals surface area contributed by atoms with Crippen molar-refractivity contribution in [2.24, 2.45) is 0 Å². The third kappa shape index (κ3) is 9.22. The molecule has 0 unspecified atom stereocenters. The van der Waals surface area contributed by atoms with E-state index in [1.54, 1.807) is 0 Å². The maximum Gasteiger partial charge on any atom is 0.251 e. The van der Waals surface area contributed by atoms with Gasteiger partial charge in [0.2, 0.25) is 0 Å². The Hall–Kier alpha value is -1.57. The predicted octanol–water partition coefficient (Wildman–Crippen LogP) is 5.74. The first-order valence-electron chi connectivity index (χ1n) is 9.28. The summed E-state index contributed by atoms with van der Waals surface area (Å²) in [6, 6.07) is 9.63. The average Bonchev–Trinajstić information content (AvgIpc) is 2.59. The van der Waals surface area contributed by atoms with E-state index in [4.69, 9.17) is 0 Å². The van der Waals surface area contributed by atoms with Crippen LogP contribution in [-0.2, 0) is 4.79 Å². The first-order chi connectivity index (χ1) is 11.3. The largest absolute Gasteiger partial charge is 0.352 e. The highest BCUT2D eigenvalue weighted by Crippen LogP contribution is 2.12. The second-order valence-corrected chi connectivity index (χ2v) is 6.28. The third-order valence-electron chi connectivity index (χ3n) is 4.21. The molecule has 0 fully saturated rings. The van der Waals surface area contributed by atoms with Crippen molar-refractivity contribution in [3.8, 4) is 0 Å². The number of carbonyl (C=O) groups is 1. The van der Waals surface area contributed by atoms with Crippen LogP contribution in [0.5, 0.6) is 0 Å². The second-order valence-electron chi connectivity index (χ2n) is 6.28. The highest BCUT2D eigenvalue weighted by molar-refractivity contribution is 6.18. The lowest BCUT2D eigenvalue weighted by atomic mass is 10.1. The summed E-state index contributed by atoms with van der Waals surface area (Å²) in [6.45, 7) is 6.89. The summed E-state index contributed by atoms with van der Waals surface area (Å²) < 4.78 is 0. The molecule has 0 heterocycles. The van der Waals surface area contributed by atoms with Gasteiger partial charge in [0.05, 0.1) is 0 Å². The zero-order chi connectivity index (χ0) is 16.8. The monoisotopic (exact) mass is 315 g/mol. The van der Waals surface area contributed by atoms with Crippen LogP contribution < -0.4 is 5.32 Å². The fraction of sp³-hybridized carbons (Fsp3) is 0.571. The van der Waals surface area contributed by atoms with E-state index in [2.05, 4.69) is 18.8 Å². The van der Waals surface area contributed by atoms with Gasteiger partial charge in [-0.2, -0.15) is 0 Å². The van der Waals surface area contributed by atoms with E-state index in [1.165, 1.54) is 57.8 Å². The Morgan fingerprint density at radius 3 is 1.96 bits per heavy atom. The summed E-state index contributed by atoms with van der Waals surface area (Å²) in [5.41, 5.74) is 1.45. The lowest BCUT2D eigenvalue weighted by Gasteiger charge is -2.08. The summed E-state index contributed by atoms with van der Waals surface area (Å²) in [6.07, 6.45) is 13.1. The highest BCUT2D eigenvalue weighted by atomic mass is 16.1. The van der Waals surface area contributed by atoms with Gasteiger partial charge in [0.15, 0.2) is 0 Å². The fourth-order valence-electron chi connectivity index (χ4n) is 2.69. The van der Waals surface area contributed by atoms with Gasteiger partial charge in [-0.25, -0.2) is 0 Å². The molecule has 1 rings (SSSR count). The standard InChI is InChI=1S/C21H33NO/c1-3-4-5-6-7-8-9-10-11-15-18-22-21(23)19(2)20-16-13-12-14-17-20/h12-14,16-17H,2-11,15,18H2,1H3,(H,22,23). The number of nitrogens with one attached hydrogen (secondary N) is 1. The van der Waals surface area contributed by atoms with Crippen LogP contribution in [0.15, 0.2) is 36.9 Å². The van der Waals surface area contributed by atoms with Crippen LogP contribution in [0.4, 0.5) is 0 Å². The van der Waals surface area contributed by atoms with E-state index in [0.29, 0.717) is 5.57 Å². The number of hydrogen-bond donors (Lipinski definition) is 1. The SMILES string of the molecule is C=C(C(=O)NCCCCCCCCCCCC)c1ccccc1. The Balaban J connectivity index is 1.96. The Kier molecular flexibility index (Phi) is 10.9. The summed E-state index contributed by atoms with van der Waals surface area (Å²) >= 11 is 0. The molecule has 128 valence electrons. The minimum atomic E-state index is -0.0490. The molecular formula is C21H33NO. The Labute approximate surface area is 142 Å². The van der Waals surface area contributed by atoms with Crippen LogP contribution in [0.1, 0.15) is 76.7 Å². The molecule has 0 saturated heterocycles. The van der Waals surface area contributed by atoms with Crippen LogP contribution in [0, 0.1) is 0 Å². The van der Waals surface area contributed by atoms with Crippen molar-refractivity contribution in [3.63, 3.8) is 0 Å². The Morgan fingerprint density at radius 2 is 1.39 bits per heavy atom. The zero-order valence-corrected chi connectivity index (χ0v) is 14.8. The number of carbonyl (C=O) groups excluding carboxylic acids is 1. The summed E-state index contributed by atoms with van der Waals surface area (Å²) in [7, 11) is 0. The van der Waals surface area contributed by atoms with Crippen LogP contribution in [-0.4, -0.2) is 12.5 Å². The quantitative estimate of drug-likeness (QED) is 0.365. The summed E-state index contributed by atoms with van der Waals surface area (Å²) in [4.78, 5) is 12.0. The van der Waals surface area contributed by atoms with Crippen LogP contribution >= 0.6 is 0 Å². The molecule has 0 spiro atoms. The van der Waals surface area contributed by atoms with Gasteiger partial charge in [0, 0.05) is 12.1 Å². The van der Waals surface area contributed by atoms with E-state index in [0.717, 1.165) is 18.5 Å². The van der Waals surface area contributed by atoms with Gasteiger partial charge in [-0.1, -0.05) is 102 Å². The van der Waals surface area contributed by atoms with Gasteiger partial charge in [0.1, 0.15) is 0 Å². The number of rotatable bonds is 13. The first kappa shape index (κ1) is 19.5. The van der Waals surface area contributed by atoms with Gasteiger partial charge >= 0.3 is 0 Å². The molecule has 0 atom stereocenters. The molecule has 1 aromatic rings. The fourth-order valence-corrected chi connectivity index (χ4v) is 2.69. The molecule has 0 bridgehead atoms. The number of amides is 1. The van der Waals surface area contributed by atoms with Crippen molar-refractivity contribution in [1.29, 1.82) is 0 Å². The number of benzene rings is 1. The number of unbranched alkanes of at least 4 members (excludes halogenated alkanes) is 9. The maximum absolute atomic E-state index is 12.0. The van der Waals surface area contributed by atoms with Gasteiger partial charge in [-0.15, -0.1) is 0 Å². The normalized spacial score (nSPS) is 10.5. The van der Waals surface area contributed by atoms with Crippen molar-refractivity contribution in [1.82, 2.24) is 5.32 Å². The Bertz CT molecular complexity index is 438. The van der Waals surface area contributed by atoms with Crippen LogP contribution in [0.25, 0.3) is 5.57 Å². The molecule has 0 saturated carbocycles. The van der Waals surface area contributed by atoms with E-state index in [9.17, 15) is 4.79 Å². The molecule has 0 aliphatic carbocycles. The molecule has 0 aromatic heterocycles. The average molecular weight is 316 g/mol. The maximum atomic E-state index is 12.0. The lowest BCUT2D eigenvalue weighted by molar-refractivity contribution is -0.115. The first-order valence-corrected chi connectivity index (χ1v) is 9.28. The van der Waals surface area contributed by atoms with Crippen molar-refractivity contribution in [3.05, 3.63) is 42.5 Å². The van der Waals surface area contributed by atoms with E-state index in [1.807, 2.05) is 30.3 Å². The van der Waals surface area contributed by atoms with E-state index >= 15 is 0 Å². The molecule has 0 aliphatic rings. The molecule has 2 heteroatoms. The Morgan fingerprint density at radius 1 is 0.870 bits per heavy atom. The molecular weight excluding hydrogens is 282 g/mol. The lowest BCUT2D eigenvalue weighted by Crippen LogP contribution is -2.24. The van der Waals surface area contributed by atoms with Crippen molar-refractivity contribution in [2.75, 3.05) is 6.54 Å². The predicted molar refractivity (Wildman–Crippen MR) is 100 cm³/mol. The molecule has 0 aliphatic heterocycles. The minimum absolute atomic E-state index is 0.0490. The van der Waals surface area contributed by atoms with Crippen molar-refractivity contribution in [2.45, 2.75) is 71.1 Å². The summed E-state index contributed by atoms with van der Waals surface area (Å²) in [5, 5.41) is 2.97. The van der Waals surface area contributed by atoms with Gasteiger partial charge in [-0.3, -0.25) is 4.79 Å². The third-order valence-corrected chi connectivity index (χ3v) is 4.21. The van der Waals surface area contributed by atoms with Crippen molar-refractivity contribution < 1.29 is 4.79 Å². The van der Waals surface area contributed by atoms with E-state index < -0.39 is 0 Å². The molecule has 1 aromatic carbocycles. The molecule has 1 amide bonds. The van der Waals surface area contributed by atoms with Crippen LogP contribution in [0.3, 0.4) is 0 Å². The molecule has 2 nitrogen and oxygen atoms in total. The van der Waals surface area contributed by atoms with Gasteiger partial charge < -0.3 is 5.32 Å². The van der Waals surface area contributed by atoms with Gasteiger partial charge in [0.25, 0.3) is 5.91 Å². The molecule has 23 heavy (non-hydrogen) atoms. The topological polar surface area (TPSA) is 29.1 Å². The smallest absolute Gasteiger partial charge is 0.251 e. The van der Waals surface area contributed by atoms with E-state index in [-0.39, 0.29) is 5.91 Å². The molecule has 1 N–H and O–H groups in total. The zero-order valence-electron chi connectivity index (χ0n) is 14.8. The minimum Gasteiger partial charge on any atom is -0.352 e. The van der Waals surface area contributed by atoms with Crippen LogP contribution in [0.2, 0.25) is 0 Å².